The van der Waals surface area contributed by atoms with Gasteiger partial charge in [0.05, 0.1) is 25.3 Å². The molecule has 2 aromatic rings. The highest BCUT2D eigenvalue weighted by atomic mass is 19.1. The number of fused-ring (bicyclic) bond motifs is 1. The first-order chi connectivity index (χ1) is 12.5. The first kappa shape index (κ1) is 17.9. The number of ether oxygens (including phenoxy) is 1. The van der Waals surface area contributed by atoms with E-state index in [-0.39, 0.29) is 30.0 Å². The Morgan fingerprint density at radius 2 is 2.04 bits per heavy atom. The number of rotatable bonds is 4. The summed E-state index contributed by atoms with van der Waals surface area (Å²) in [5.41, 5.74) is 2.55. The molecule has 0 fully saturated rings. The van der Waals surface area contributed by atoms with E-state index in [9.17, 15) is 14.0 Å². The zero-order valence-corrected chi connectivity index (χ0v) is 14.8. The number of carbonyl (C=O) groups excluding carboxylic acids is 2. The van der Waals surface area contributed by atoms with Crippen LogP contribution in [0, 0.1) is 5.82 Å². The Hall–Kier alpha value is -2.89. The SMILES string of the molecule is COc1cc(F)ccc1NC(=O)CC1c2ccccc2CCN1C(C)=O. The van der Waals surface area contributed by atoms with Gasteiger partial charge in [0, 0.05) is 19.5 Å². The molecule has 3 rings (SSSR count). The predicted molar refractivity (Wildman–Crippen MR) is 96.5 cm³/mol. The van der Waals surface area contributed by atoms with E-state index in [1.807, 2.05) is 24.3 Å². The van der Waals surface area contributed by atoms with E-state index in [0.717, 1.165) is 17.5 Å². The Labute approximate surface area is 151 Å². The van der Waals surface area contributed by atoms with Crippen molar-refractivity contribution in [1.29, 1.82) is 0 Å². The standard InChI is InChI=1S/C20H21FN2O3/c1-13(24)23-10-9-14-5-3-4-6-16(14)18(23)12-20(25)22-17-8-7-15(21)11-19(17)26-2/h3-8,11,18H,9-10,12H2,1-2H3,(H,22,25). The lowest BCUT2D eigenvalue weighted by Gasteiger charge is -2.36. The van der Waals surface area contributed by atoms with Crippen molar-refractivity contribution < 1.29 is 18.7 Å². The van der Waals surface area contributed by atoms with Crippen LogP contribution in [-0.4, -0.2) is 30.4 Å². The van der Waals surface area contributed by atoms with E-state index in [1.54, 1.807) is 4.90 Å². The predicted octanol–water partition coefficient (Wildman–Crippen LogP) is 3.31. The molecule has 0 saturated carbocycles. The summed E-state index contributed by atoms with van der Waals surface area (Å²) in [6, 6.07) is 11.5. The van der Waals surface area contributed by atoms with Crippen LogP contribution >= 0.6 is 0 Å². The molecule has 0 bridgehead atoms. The fourth-order valence-electron chi connectivity index (χ4n) is 3.39. The van der Waals surface area contributed by atoms with Gasteiger partial charge in [-0.25, -0.2) is 4.39 Å². The quantitative estimate of drug-likeness (QED) is 0.914. The Balaban J connectivity index is 1.82. The molecule has 1 heterocycles. The molecule has 1 unspecified atom stereocenters. The van der Waals surface area contributed by atoms with Crippen LogP contribution in [-0.2, 0) is 16.0 Å². The summed E-state index contributed by atoms with van der Waals surface area (Å²) in [6.07, 6.45) is 0.900. The number of nitrogens with zero attached hydrogens (tertiary/aromatic N) is 1. The molecule has 2 amide bonds. The first-order valence-electron chi connectivity index (χ1n) is 8.48. The van der Waals surface area contributed by atoms with Gasteiger partial charge in [-0.15, -0.1) is 0 Å². The second-order valence-electron chi connectivity index (χ2n) is 6.27. The number of benzene rings is 2. The highest BCUT2D eigenvalue weighted by Crippen LogP contribution is 2.33. The van der Waals surface area contributed by atoms with Crippen LogP contribution in [0.2, 0.25) is 0 Å². The number of amides is 2. The Morgan fingerprint density at radius 3 is 2.77 bits per heavy atom. The molecule has 0 aliphatic carbocycles. The van der Waals surface area contributed by atoms with Gasteiger partial charge in [-0.2, -0.15) is 0 Å². The van der Waals surface area contributed by atoms with Crippen molar-refractivity contribution >= 4 is 17.5 Å². The van der Waals surface area contributed by atoms with Crippen LogP contribution in [0.4, 0.5) is 10.1 Å². The molecule has 1 aliphatic heterocycles. The van der Waals surface area contributed by atoms with Gasteiger partial charge in [0.1, 0.15) is 11.6 Å². The monoisotopic (exact) mass is 356 g/mol. The lowest BCUT2D eigenvalue weighted by molar-refractivity contribution is -0.132. The van der Waals surface area contributed by atoms with E-state index < -0.39 is 5.82 Å². The smallest absolute Gasteiger partial charge is 0.226 e. The zero-order valence-electron chi connectivity index (χ0n) is 14.8. The van der Waals surface area contributed by atoms with Gasteiger partial charge in [0.25, 0.3) is 0 Å². The molecule has 6 heteroatoms. The molecule has 0 spiro atoms. The maximum absolute atomic E-state index is 13.3. The van der Waals surface area contributed by atoms with E-state index in [2.05, 4.69) is 5.32 Å². The molecule has 5 nitrogen and oxygen atoms in total. The Morgan fingerprint density at radius 1 is 1.27 bits per heavy atom. The molecule has 0 saturated heterocycles. The average Bonchev–Trinajstić information content (AvgIpc) is 2.63. The van der Waals surface area contributed by atoms with Gasteiger partial charge in [-0.3, -0.25) is 9.59 Å². The largest absolute Gasteiger partial charge is 0.494 e. The summed E-state index contributed by atoms with van der Waals surface area (Å²) in [7, 11) is 1.42. The molecular weight excluding hydrogens is 335 g/mol. The minimum absolute atomic E-state index is 0.0586. The van der Waals surface area contributed by atoms with Crippen molar-refractivity contribution in [2.24, 2.45) is 0 Å². The minimum atomic E-state index is -0.441. The maximum atomic E-state index is 13.3. The second-order valence-corrected chi connectivity index (χ2v) is 6.27. The van der Waals surface area contributed by atoms with Crippen LogP contribution in [0.1, 0.15) is 30.5 Å². The molecule has 0 aromatic heterocycles. The topological polar surface area (TPSA) is 58.6 Å². The van der Waals surface area contributed by atoms with Crippen molar-refractivity contribution in [3.63, 3.8) is 0 Å². The number of anilines is 1. The van der Waals surface area contributed by atoms with Crippen molar-refractivity contribution in [1.82, 2.24) is 4.90 Å². The van der Waals surface area contributed by atoms with Crippen LogP contribution in [0.3, 0.4) is 0 Å². The molecular formula is C20H21FN2O3. The highest BCUT2D eigenvalue weighted by Gasteiger charge is 2.30. The van der Waals surface area contributed by atoms with Gasteiger partial charge in [0.15, 0.2) is 0 Å². The van der Waals surface area contributed by atoms with Crippen molar-refractivity contribution in [3.8, 4) is 5.75 Å². The van der Waals surface area contributed by atoms with Gasteiger partial charge in [-0.1, -0.05) is 24.3 Å². The van der Waals surface area contributed by atoms with Crippen molar-refractivity contribution in [2.45, 2.75) is 25.8 Å². The molecule has 1 aliphatic rings. The number of halogens is 1. The van der Waals surface area contributed by atoms with Gasteiger partial charge >= 0.3 is 0 Å². The second kappa shape index (κ2) is 7.56. The summed E-state index contributed by atoms with van der Waals surface area (Å²) in [6.45, 7) is 2.10. The van der Waals surface area contributed by atoms with Gasteiger partial charge in [0.2, 0.25) is 11.8 Å². The van der Waals surface area contributed by atoms with Crippen LogP contribution in [0.25, 0.3) is 0 Å². The molecule has 1 N–H and O–H groups in total. The van der Waals surface area contributed by atoms with E-state index in [4.69, 9.17) is 4.74 Å². The molecule has 2 aromatic carbocycles. The van der Waals surface area contributed by atoms with Crippen molar-refractivity contribution in [2.75, 3.05) is 19.0 Å². The third kappa shape index (κ3) is 3.69. The van der Waals surface area contributed by atoms with Crippen molar-refractivity contribution in [3.05, 3.63) is 59.4 Å². The molecule has 0 radical (unpaired) electrons. The van der Waals surface area contributed by atoms with Crippen LogP contribution in [0.5, 0.6) is 5.75 Å². The summed E-state index contributed by atoms with van der Waals surface area (Å²) in [4.78, 5) is 26.4. The lowest BCUT2D eigenvalue weighted by atomic mass is 9.90. The van der Waals surface area contributed by atoms with E-state index in [0.29, 0.717) is 12.2 Å². The highest BCUT2D eigenvalue weighted by molar-refractivity contribution is 5.93. The van der Waals surface area contributed by atoms with Crippen LogP contribution < -0.4 is 10.1 Å². The fourth-order valence-corrected chi connectivity index (χ4v) is 3.39. The Kier molecular flexibility index (Phi) is 5.21. The Bertz CT molecular complexity index is 838. The number of nitrogens with one attached hydrogen (secondary N) is 1. The summed E-state index contributed by atoms with van der Waals surface area (Å²) in [5.74, 6) is -0.505. The van der Waals surface area contributed by atoms with Gasteiger partial charge in [-0.05, 0) is 29.7 Å². The normalized spacial score (nSPS) is 16.0. The van der Waals surface area contributed by atoms with E-state index >= 15 is 0 Å². The average molecular weight is 356 g/mol. The number of hydrogen-bond donors (Lipinski definition) is 1. The molecule has 26 heavy (non-hydrogen) atoms. The minimum Gasteiger partial charge on any atom is -0.494 e. The molecule has 136 valence electrons. The maximum Gasteiger partial charge on any atom is 0.226 e. The van der Waals surface area contributed by atoms with Crippen LogP contribution in [0.15, 0.2) is 42.5 Å². The number of carbonyl (C=O) groups is 2. The first-order valence-corrected chi connectivity index (χ1v) is 8.48. The summed E-state index contributed by atoms with van der Waals surface area (Å²) in [5, 5.41) is 2.76. The third-order valence-electron chi connectivity index (χ3n) is 4.63. The molecule has 1 atom stereocenters. The number of hydrogen-bond acceptors (Lipinski definition) is 3. The zero-order chi connectivity index (χ0) is 18.7. The fraction of sp³-hybridized carbons (Fsp3) is 0.300. The third-order valence-corrected chi connectivity index (χ3v) is 4.63. The summed E-state index contributed by atoms with van der Waals surface area (Å²) >= 11 is 0. The van der Waals surface area contributed by atoms with Gasteiger partial charge < -0.3 is 15.0 Å². The van der Waals surface area contributed by atoms with E-state index in [1.165, 1.54) is 32.2 Å². The number of methoxy groups -OCH3 is 1. The summed E-state index contributed by atoms with van der Waals surface area (Å²) < 4.78 is 18.4. The lowest BCUT2D eigenvalue weighted by Crippen LogP contribution is -2.40.